The second kappa shape index (κ2) is 5.20. The van der Waals surface area contributed by atoms with Crippen LogP contribution in [0.1, 0.15) is 6.42 Å². The maximum absolute atomic E-state index is 11.8. The molecular formula is C12H12INO5. The first-order valence-electron chi connectivity index (χ1n) is 5.56. The van der Waals surface area contributed by atoms with Crippen molar-refractivity contribution in [1.82, 2.24) is 4.90 Å². The lowest BCUT2D eigenvalue weighted by Gasteiger charge is -2.33. The first kappa shape index (κ1) is 14.5. The van der Waals surface area contributed by atoms with E-state index in [4.69, 9.17) is 11.2 Å². The fourth-order valence-corrected chi connectivity index (χ4v) is 2.77. The van der Waals surface area contributed by atoms with Gasteiger partial charge in [-0.2, -0.15) is 0 Å². The van der Waals surface area contributed by atoms with Crippen LogP contribution in [0.3, 0.4) is 0 Å². The number of hydrogen-bond donors (Lipinski definition) is 2. The highest BCUT2D eigenvalue weighted by molar-refractivity contribution is 14.1. The molecule has 0 spiro atoms. The van der Waals surface area contributed by atoms with Crippen LogP contribution in [0, 0.1) is 12.3 Å². The summed E-state index contributed by atoms with van der Waals surface area (Å²) in [4.78, 5) is 24.0. The average molecular weight is 377 g/mol. The summed E-state index contributed by atoms with van der Waals surface area (Å²) in [5.74, 6) is 1.25. The molecule has 0 saturated carbocycles. The van der Waals surface area contributed by atoms with E-state index in [-0.39, 0.29) is 12.2 Å². The summed E-state index contributed by atoms with van der Waals surface area (Å²) in [6.45, 7) is 0. The molecule has 1 amide bonds. The van der Waals surface area contributed by atoms with Crippen LogP contribution in [-0.4, -0.2) is 55.3 Å². The molecule has 7 heteroatoms. The third-order valence-corrected chi connectivity index (χ3v) is 4.02. The Bertz CT molecular complexity index is 485. The Morgan fingerprint density at radius 1 is 1.63 bits per heavy atom. The summed E-state index contributed by atoms with van der Waals surface area (Å²) in [6, 6.07) is 0. The van der Waals surface area contributed by atoms with Crippen LogP contribution in [0.2, 0.25) is 0 Å². The fourth-order valence-electron chi connectivity index (χ4n) is 2.08. The van der Waals surface area contributed by atoms with E-state index in [0.29, 0.717) is 4.43 Å². The molecule has 1 fully saturated rings. The van der Waals surface area contributed by atoms with E-state index in [0.717, 1.165) is 4.90 Å². The van der Waals surface area contributed by atoms with E-state index >= 15 is 0 Å². The van der Waals surface area contributed by atoms with E-state index in [1.165, 1.54) is 12.3 Å². The van der Waals surface area contributed by atoms with Crippen LogP contribution in [0.15, 0.2) is 12.3 Å². The standard InChI is InChI=1S/C12H12INO5/c1-2-12(18)10(17)8(6-13)19-11(12)14-4-3-7(15)5-9(14)16/h1,3-4,8,10-11,17-18H,5-6H2/t8-,10-,11-,12-/m1/s1. The highest BCUT2D eigenvalue weighted by Gasteiger charge is 2.57. The average Bonchev–Trinajstić information content (AvgIpc) is 2.63. The summed E-state index contributed by atoms with van der Waals surface area (Å²) in [7, 11) is 0. The van der Waals surface area contributed by atoms with Crippen molar-refractivity contribution in [1.29, 1.82) is 0 Å². The zero-order valence-corrected chi connectivity index (χ0v) is 12.0. The zero-order valence-electron chi connectivity index (χ0n) is 9.82. The predicted octanol–water partition coefficient (Wildman–Crippen LogP) is -0.813. The van der Waals surface area contributed by atoms with Crippen LogP contribution >= 0.6 is 22.6 Å². The third-order valence-electron chi connectivity index (χ3n) is 3.15. The first-order valence-corrected chi connectivity index (χ1v) is 7.08. The summed E-state index contributed by atoms with van der Waals surface area (Å²) in [5, 5.41) is 20.3. The molecule has 2 rings (SSSR count). The molecule has 0 aliphatic carbocycles. The van der Waals surface area contributed by atoms with Crippen LogP contribution in [0.5, 0.6) is 0 Å². The van der Waals surface area contributed by atoms with Gasteiger partial charge in [0.25, 0.3) is 0 Å². The Morgan fingerprint density at radius 2 is 2.32 bits per heavy atom. The molecule has 4 atom stereocenters. The summed E-state index contributed by atoms with van der Waals surface area (Å²) in [5.41, 5.74) is -1.99. The molecule has 0 aromatic carbocycles. The number of ketones is 1. The van der Waals surface area contributed by atoms with E-state index in [1.807, 2.05) is 22.6 Å². The number of ether oxygens (including phenoxy) is 1. The van der Waals surface area contributed by atoms with E-state index in [2.05, 4.69) is 5.92 Å². The van der Waals surface area contributed by atoms with Crippen molar-refractivity contribution in [3.8, 4) is 12.3 Å². The van der Waals surface area contributed by atoms with Gasteiger partial charge in [0.1, 0.15) is 6.10 Å². The van der Waals surface area contributed by atoms with Gasteiger partial charge in [-0.3, -0.25) is 14.5 Å². The van der Waals surface area contributed by atoms with Gasteiger partial charge in [-0.1, -0.05) is 28.5 Å². The van der Waals surface area contributed by atoms with Crippen molar-refractivity contribution < 1.29 is 24.5 Å². The van der Waals surface area contributed by atoms with Crippen LogP contribution < -0.4 is 0 Å². The number of alkyl halides is 1. The number of nitrogens with zero attached hydrogens (tertiary/aromatic N) is 1. The zero-order chi connectivity index (χ0) is 14.2. The Morgan fingerprint density at radius 3 is 2.84 bits per heavy atom. The lowest BCUT2D eigenvalue weighted by Crippen LogP contribution is -2.55. The fraction of sp³-hybridized carbons (Fsp3) is 0.500. The Labute approximate surface area is 123 Å². The number of aliphatic hydroxyl groups is 2. The molecule has 0 aromatic rings. The minimum Gasteiger partial charge on any atom is -0.386 e. The summed E-state index contributed by atoms with van der Waals surface area (Å²) < 4.78 is 5.87. The van der Waals surface area contributed by atoms with Gasteiger partial charge in [0.2, 0.25) is 5.91 Å². The van der Waals surface area contributed by atoms with E-state index < -0.39 is 29.9 Å². The second-order valence-electron chi connectivity index (χ2n) is 4.36. The lowest BCUT2D eigenvalue weighted by molar-refractivity contribution is -0.152. The molecule has 0 unspecified atom stereocenters. The quantitative estimate of drug-likeness (QED) is 0.285. The highest BCUT2D eigenvalue weighted by atomic mass is 127. The molecule has 0 bridgehead atoms. The van der Waals surface area contributed by atoms with Crippen LogP contribution in [0.4, 0.5) is 0 Å². The topological polar surface area (TPSA) is 87.1 Å². The normalized spacial score (nSPS) is 38.6. The maximum Gasteiger partial charge on any atom is 0.236 e. The number of aliphatic hydroxyl groups excluding tert-OH is 1. The number of halogens is 1. The maximum atomic E-state index is 11.8. The van der Waals surface area contributed by atoms with Crippen LogP contribution in [-0.2, 0) is 14.3 Å². The van der Waals surface area contributed by atoms with Crippen molar-refractivity contribution in [2.24, 2.45) is 0 Å². The van der Waals surface area contributed by atoms with Gasteiger partial charge < -0.3 is 14.9 Å². The molecule has 2 heterocycles. The predicted molar refractivity (Wildman–Crippen MR) is 72.9 cm³/mol. The van der Waals surface area contributed by atoms with Crippen molar-refractivity contribution in [3.63, 3.8) is 0 Å². The third kappa shape index (κ3) is 2.29. The van der Waals surface area contributed by atoms with Gasteiger partial charge in [-0.15, -0.1) is 6.42 Å². The summed E-state index contributed by atoms with van der Waals surface area (Å²) in [6.07, 6.45) is 4.25. The number of terminal acetylenes is 1. The molecule has 2 aliphatic rings. The molecule has 0 radical (unpaired) electrons. The molecule has 19 heavy (non-hydrogen) atoms. The molecule has 0 aromatic heterocycles. The number of amides is 1. The summed E-state index contributed by atoms with van der Waals surface area (Å²) >= 11 is 1.99. The van der Waals surface area contributed by atoms with Gasteiger partial charge in [0, 0.05) is 10.6 Å². The molecule has 2 aliphatic heterocycles. The largest absolute Gasteiger partial charge is 0.386 e. The highest BCUT2D eigenvalue weighted by Crippen LogP contribution is 2.35. The molecule has 2 N–H and O–H groups in total. The van der Waals surface area contributed by atoms with Gasteiger partial charge in [0.05, 0.1) is 12.5 Å². The van der Waals surface area contributed by atoms with E-state index in [9.17, 15) is 19.8 Å². The van der Waals surface area contributed by atoms with Crippen molar-refractivity contribution in [2.45, 2.75) is 30.5 Å². The Kier molecular flexibility index (Phi) is 3.96. The van der Waals surface area contributed by atoms with Crippen molar-refractivity contribution in [3.05, 3.63) is 12.3 Å². The molecule has 102 valence electrons. The number of carbonyl (C=O) groups excluding carboxylic acids is 2. The first-order chi connectivity index (χ1) is 8.93. The van der Waals surface area contributed by atoms with Gasteiger partial charge >= 0.3 is 0 Å². The monoisotopic (exact) mass is 377 g/mol. The second-order valence-corrected chi connectivity index (χ2v) is 5.24. The number of carbonyl (C=O) groups is 2. The van der Waals surface area contributed by atoms with Gasteiger partial charge in [-0.25, -0.2) is 0 Å². The smallest absolute Gasteiger partial charge is 0.236 e. The SMILES string of the molecule is C#C[C@@]1(O)[C@H](O)[C@@H](CI)O[C@H]1N1C=CC(=O)CC1=O. The van der Waals surface area contributed by atoms with Crippen molar-refractivity contribution in [2.75, 3.05) is 4.43 Å². The lowest BCUT2D eigenvalue weighted by atomic mass is 9.94. The Balaban J connectivity index is 2.34. The molecule has 6 nitrogen and oxygen atoms in total. The van der Waals surface area contributed by atoms with E-state index in [1.54, 1.807) is 0 Å². The minimum atomic E-state index is -1.99. The van der Waals surface area contributed by atoms with Gasteiger partial charge in [0.15, 0.2) is 17.6 Å². The number of hydrogen-bond acceptors (Lipinski definition) is 5. The number of allylic oxidation sites excluding steroid dienone is 1. The van der Waals surface area contributed by atoms with Gasteiger partial charge in [-0.05, 0) is 6.08 Å². The molecular weight excluding hydrogens is 365 g/mol. The molecule has 1 saturated heterocycles. The van der Waals surface area contributed by atoms with Crippen LogP contribution in [0.25, 0.3) is 0 Å². The number of rotatable bonds is 2. The van der Waals surface area contributed by atoms with Crippen molar-refractivity contribution >= 4 is 34.3 Å². The minimum absolute atomic E-state index is 0.304. The Hall–Kier alpha value is -0.950.